The predicted molar refractivity (Wildman–Crippen MR) is 160 cm³/mol. The van der Waals surface area contributed by atoms with Crippen LogP contribution in [0.3, 0.4) is 0 Å². The summed E-state index contributed by atoms with van der Waals surface area (Å²) < 4.78 is 27.4. The number of rotatable bonds is 7. The van der Waals surface area contributed by atoms with Gasteiger partial charge in [-0.3, -0.25) is 9.59 Å². The third kappa shape index (κ3) is 7.10. The van der Waals surface area contributed by atoms with Crippen LogP contribution in [-0.2, 0) is 6.54 Å². The summed E-state index contributed by atoms with van der Waals surface area (Å²) in [5, 5.41) is 10.2. The van der Waals surface area contributed by atoms with E-state index in [0.29, 0.717) is 54.4 Å². The van der Waals surface area contributed by atoms with Crippen LogP contribution in [0.5, 0.6) is 0 Å². The van der Waals surface area contributed by atoms with Crippen LogP contribution in [0, 0.1) is 11.6 Å². The first-order chi connectivity index (χ1) is 20.4. The molecule has 1 fully saturated rings. The summed E-state index contributed by atoms with van der Waals surface area (Å²) in [7, 11) is 0. The van der Waals surface area contributed by atoms with E-state index in [0.717, 1.165) is 5.56 Å². The quantitative estimate of drug-likeness (QED) is 0.248. The smallest absolute Gasteiger partial charge is 0.321 e. The zero-order valence-electron chi connectivity index (χ0n) is 22.6. The van der Waals surface area contributed by atoms with Crippen LogP contribution >= 0.6 is 11.3 Å². The molecule has 3 aromatic carbocycles. The van der Waals surface area contributed by atoms with Crippen molar-refractivity contribution in [1.82, 2.24) is 10.2 Å². The van der Waals surface area contributed by atoms with Gasteiger partial charge in [-0.2, -0.15) is 0 Å². The number of halogens is 2. The molecule has 0 bridgehead atoms. The Labute approximate surface area is 246 Å². The number of hydrogen-bond acceptors (Lipinski definition) is 5. The molecule has 0 spiro atoms. The van der Waals surface area contributed by atoms with Crippen LogP contribution in [0.15, 0.2) is 84.2 Å². The maximum absolute atomic E-state index is 14.1. The molecule has 0 unspecified atom stereocenters. The summed E-state index contributed by atoms with van der Waals surface area (Å²) in [6.07, 6.45) is 0.623. The molecule has 5 rings (SSSR count). The fourth-order valence-corrected chi connectivity index (χ4v) is 5.29. The van der Waals surface area contributed by atoms with E-state index < -0.39 is 11.8 Å². The first-order valence-electron chi connectivity index (χ1n) is 13.4. The summed E-state index contributed by atoms with van der Waals surface area (Å²) in [6.45, 7) is 2.01. The minimum Gasteiger partial charge on any atom is -0.369 e. The normalized spacial score (nSPS) is 13.3. The lowest BCUT2D eigenvalue weighted by Gasteiger charge is -2.26. The molecule has 0 aliphatic carbocycles. The lowest BCUT2D eigenvalue weighted by Crippen LogP contribution is -2.38. The first-order valence-corrected chi connectivity index (χ1v) is 14.3. The van der Waals surface area contributed by atoms with Gasteiger partial charge < -0.3 is 25.8 Å². The van der Waals surface area contributed by atoms with E-state index in [1.165, 1.54) is 35.6 Å². The Kier molecular flexibility index (Phi) is 9.08. The van der Waals surface area contributed by atoms with Crippen molar-refractivity contribution in [1.29, 1.82) is 0 Å². The second-order valence-corrected chi connectivity index (χ2v) is 10.7. The molecule has 0 radical (unpaired) electrons. The summed E-state index contributed by atoms with van der Waals surface area (Å²) in [4.78, 5) is 43.2. The standard InChI is InChI=1S/C31H29F2N5O3S/c32-22-10-8-21(9-11-22)20-34-29(39)24-19-23(35-30(40)28-7-3-18-42-28)12-13-27(24)37-14-4-15-38(17-16-37)31(41)36-26-6-2-1-5-25(26)33/h1-3,5-13,18-19H,4,14-17,20H2,(H,34,39)(H,35,40)(H,36,41). The fraction of sp³-hybridized carbons (Fsp3) is 0.194. The fourth-order valence-electron chi connectivity index (χ4n) is 4.67. The second-order valence-electron chi connectivity index (χ2n) is 9.71. The molecule has 42 heavy (non-hydrogen) atoms. The lowest BCUT2D eigenvalue weighted by atomic mass is 10.1. The van der Waals surface area contributed by atoms with Gasteiger partial charge in [0.05, 0.1) is 16.1 Å². The van der Waals surface area contributed by atoms with Crippen molar-refractivity contribution in [3.05, 3.63) is 112 Å². The largest absolute Gasteiger partial charge is 0.369 e. The Morgan fingerprint density at radius 1 is 0.810 bits per heavy atom. The third-order valence-corrected chi connectivity index (χ3v) is 7.72. The number of hydrogen-bond donors (Lipinski definition) is 3. The second kappa shape index (κ2) is 13.3. The van der Waals surface area contributed by atoms with Crippen LogP contribution in [0.1, 0.15) is 32.0 Å². The number of nitrogens with one attached hydrogen (secondary N) is 3. The minimum atomic E-state index is -0.509. The van der Waals surface area contributed by atoms with E-state index in [-0.39, 0.29) is 29.9 Å². The molecule has 0 saturated carbocycles. The van der Waals surface area contributed by atoms with Gasteiger partial charge in [-0.05, 0) is 65.9 Å². The number of urea groups is 1. The summed E-state index contributed by atoms with van der Waals surface area (Å²) in [6, 6.07) is 20.1. The molecule has 11 heteroatoms. The average Bonchev–Trinajstić information content (AvgIpc) is 3.43. The van der Waals surface area contributed by atoms with Gasteiger partial charge in [0.2, 0.25) is 0 Å². The van der Waals surface area contributed by atoms with E-state index >= 15 is 0 Å². The Balaban J connectivity index is 1.33. The molecule has 4 amide bonds. The molecule has 3 N–H and O–H groups in total. The van der Waals surface area contributed by atoms with Gasteiger partial charge in [0.1, 0.15) is 11.6 Å². The Bertz CT molecular complexity index is 1560. The van der Waals surface area contributed by atoms with Crippen molar-refractivity contribution < 1.29 is 23.2 Å². The molecule has 8 nitrogen and oxygen atoms in total. The van der Waals surface area contributed by atoms with E-state index in [1.807, 2.05) is 10.3 Å². The van der Waals surface area contributed by atoms with Crippen LogP contribution in [-0.4, -0.2) is 48.9 Å². The summed E-state index contributed by atoms with van der Waals surface area (Å²) in [5.41, 5.74) is 2.32. The van der Waals surface area contributed by atoms with Gasteiger partial charge in [0, 0.05) is 44.1 Å². The molecule has 1 aliphatic rings. The molecule has 216 valence electrons. The average molecular weight is 590 g/mol. The molecule has 4 aromatic rings. The number of amides is 4. The van der Waals surface area contributed by atoms with Gasteiger partial charge in [-0.25, -0.2) is 13.6 Å². The van der Waals surface area contributed by atoms with Crippen molar-refractivity contribution in [2.24, 2.45) is 0 Å². The monoisotopic (exact) mass is 589 g/mol. The lowest BCUT2D eigenvalue weighted by molar-refractivity contribution is 0.0950. The van der Waals surface area contributed by atoms with Crippen molar-refractivity contribution >= 4 is 46.2 Å². The van der Waals surface area contributed by atoms with Crippen molar-refractivity contribution in [3.8, 4) is 0 Å². The molecule has 1 saturated heterocycles. The topological polar surface area (TPSA) is 93.8 Å². The highest BCUT2D eigenvalue weighted by molar-refractivity contribution is 7.12. The summed E-state index contributed by atoms with van der Waals surface area (Å²) in [5.74, 6) is -1.51. The molecular weight excluding hydrogens is 560 g/mol. The van der Waals surface area contributed by atoms with E-state index in [1.54, 1.807) is 59.5 Å². The number of carbonyl (C=O) groups is 3. The molecule has 1 aromatic heterocycles. The molecule has 2 heterocycles. The van der Waals surface area contributed by atoms with Gasteiger partial charge in [-0.15, -0.1) is 11.3 Å². The Hall–Kier alpha value is -4.77. The van der Waals surface area contributed by atoms with Crippen molar-refractivity contribution in [2.75, 3.05) is 41.7 Å². The third-order valence-electron chi connectivity index (χ3n) is 6.85. The number of carbonyl (C=O) groups excluding carboxylic acids is 3. The Morgan fingerprint density at radius 2 is 1.62 bits per heavy atom. The number of anilines is 3. The maximum Gasteiger partial charge on any atom is 0.321 e. The van der Waals surface area contributed by atoms with Crippen LogP contribution in [0.4, 0.5) is 30.6 Å². The van der Waals surface area contributed by atoms with Gasteiger partial charge in [0.25, 0.3) is 11.8 Å². The van der Waals surface area contributed by atoms with Crippen LogP contribution < -0.4 is 20.9 Å². The maximum atomic E-state index is 14.1. The van der Waals surface area contributed by atoms with Crippen molar-refractivity contribution in [3.63, 3.8) is 0 Å². The van der Waals surface area contributed by atoms with Gasteiger partial charge >= 0.3 is 6.03 Å². The highest BCUT2D eigenvalue weighted by atomic mass is 32.1. The van der Waals surface area contributed by atoms with Crippen molar-refractivity contribution in [2.45, 2.75) is 13.0 Å². The van der Waals surface area contributed by atoms with E-state index in [9.17, 15) is 23.2 Å². The molecule has 0 atom stereocenters. The van der Waals surface area contributed by atoms with Crippen LogP contribution in [0.25, 0.3) is 0 Å². The number of thiophene rings is 1. The Morgan fingerprint density at radius 3 is 2.38 bits per heavy atom. The van der Waals surface area contributed by atoms with E-state index in [4.69, 9.17) is 0 Å². The SMILES string of the molecule is O=C(Nc1ccc(N2CCCN(C(=O)Nc3ccccc3F)CC2)c(C(=O)NCc2ccc(F)cc2)c1)c1cccs1. The molecular formula is C31H29F2N5O3S. The van der Waals surface area contributed by atoms with E-state index in [2.05, 4.69) is 16.0 Å². The number of para-hydroxylation sites is 1. The zero-order chi connectivity index (χ0) is 29.5. The predicted octanol–water partition coefficient (Wildman–Crippen LogP) is 5.95. The molecule has 1 aliphatic heterocycles. The first kappa shape index (κ1) is 28.7. The summed E-state index contributed by atoms with van der Waals surface area (Å²) >= 11 is 1.31. The zero-order valence-corrected chi connectivity index (χ0v) is 23.4. The van der Waals surface area contributed by atoms with Gasteiger partial charge in [0.15, 0.2) is 0 Å². The highest BCUT2D eigenvalue weighted by Crippen LogP contribution is 2.27. The van der Waals surface area contributed by atoms with Gasteiger partial charge in [-0.1, -0.05) is 30.3 Å². The minimum absolute atomic E-state index is 0.115. The highest BCUT2D eigenvalue weighted by Gasteiger charge is 2.24. The number of nitrogens with zero attached hydrogens (tertiary/aromatic N) is 2. The van der Waals surface area contributed by atoms with Crippen LogP contribution in [0.2, 0.25) is 0 Å². The number of benzene rings is 3.